The van der Waals surface area contributed by atoms with Crippen molar-refractivity contribution in [1.82, 2.24) is 10.4 Å². The van der Waals surface area contributed by atoms with Crippen molar-refractivity contribution in [2.75, 3.05) is 12.4 Å². The van der Waals surface area contributed by atoms with Gasteiger partial charge in [0.2, 0.25) is 0 Å². The first-order chi connectivity index (χ1) is 17.0. The summed E-state index contributed by atoms with van der Waals surface area (Å²) < 4.78 is 14.4. The largest absolute Gasteiger partial charge is 0.490 e. The maximum absolute atomic E-state index is 12.2. The number of nitrogens with one attached hydrogen (secondary N) is 1. The number of rotatable bonds is 10. The standard InChI is InChI=1S/C25H21BrClN3O3S2/c1-2-32-21-12-17(11-19(26)24(21)33-14-16-7-9-18(27)10-8-16)13-28-30-23(31)15-34-25-29-20-5-3-4-6-22(20)35-25/h3-13H,2,14-15H2,1H3,(H,30,31)/b28-13-. The Bertz CT molecular complexity index is 1310. The van der Waals surface area contributed by atoms with Crippen LogP contribution in [0.25, 0.3) is 10.2 Å². The van der Waals surface area contributed by atoms with Crippen LogP contribution in [-0.2, 0) is 11.4 Å². The molecule has 180 valence electrons. The average Bonchev–Trinajstić information content (AvgIpc) is 3.27. The SMILES string of the molecule is CCOc1cc(/C=N\NC(=O)CSc2nc3ccccc3s2)cc(Br)c1OCc1ccc(Cl)cc1. The van der Waals surface area contributed by atoms with Gasteiger partial charge < -0.3 is 9.47 Å². The first-order valence-electron chi connectivity index (χ1n) is 10.7. The normalized spacial score (nSPS) is 11.2. The van der Waals surface area contributed by atoms with Crippen molar-refractivity contribution < 1.29 is 14.3 Å². The van der Waals surface area contributed by atoms with Gasteiger partial charge in [-0.2, -0.15) is 5.10 Å². The van der Waals surface area contributed by atoms with E-state index in [0.717, 1.165) is 30.2 Å². The Balaban J connectivity index is 1.35. The highest BCUT2D eigenvalue weighted by Crippen LogP contribution is 2.37. The third-order valence-corrected chi connectivity index (χ3v) is 7.65. The molecule has 1 aromatic heterocycles. The van der Waals surface area contributed by atoms with E-state index >= 15 is 0 Å². The van der Waals surface area contributed by atoms with Gasteiger partial charge >= 0.3 is 0 Å². The zero-order valence-electron chi connectivity index (χ0n) is 18.7. The molecule has 0 saturated carbocycles. The smallest absolute Gasteiger partial charge is 0.250 e. The number of thiazole rings is 1. The number of benzene rings is 3. The van der Waals surface area contributed by atoms with Gasteiger partial charge in [-0.1, -0.05) is 47.6 Å². The van der Waals surface area contributed by atoms with E-state index in [1.807, 2.05) is 67.6 Å². The molecule has 35 heavy (non-hydrogen) atoms. The van der Waals surface area contributed by atoms with E-state index in [0.29, 0.717) is 29.7 Å². The number of carbonyl (C=O) groups excluding carboxylic acids is 1. The van der Waals surface area contributed by atoms with E-state index < -0.39 is 0 Å². The number of carbonyl (C=O) groups is 1. The molecule has 1 amide bonds. The number of hydrogen-bond acceptors (Lipinski definition) is 7. The lowest BCUT2D eigenvalue weighted by molar-refractivity contribution is -0.118. The van der Waals surface area contributed by atoms with Crippen LogP contribution in [0.4, 0.5) is 0 Å². The van der Waals surface area contributed by atoms with Crippen molar-refractivity contribution in [3.8, 4) is 11.5 Å². The van der Waals surface area contributed by atoms with Crippen LogP contribution >= 0.6 is 50.6 Å². The molecule has 0 aliphatic heterocycles. The molecular formula is C25H21BrClN3O3S2. The minimum atomic E-state index is -0.211. The second-order valence-electron chi connectivity index (χ2n) is 7.21. The maximum atomic E-state index is 12.2. The van der Waals surface area contributed by atoms with Crippen LogP contribution in [0.15, 0.2) is 74.6 Å². The molecule has 0 aliphatic rings. The average molecular weight is 591 g/mol. The minimum absolute atomic E-state index is 0.211. The molecule has 0 fully saturated rings. The van der Waals surface area contributed by atoms with Crippen molar-refractivity contribution in [2.45, 2.75) is 17.9 Å². The Labute approximate surface area is 224 Å². The van der Waals surface area contributed by atoms with Crippen molar-refractivity contribution >= 4 is 73.0 Å². The zero-order chi connectivity index (χ0) is 24.6. The van der Waals surface area contributed by atoms with Gasteiger partial charge in [0.05, 0.1) is 33.3 Å². The molecule has 6 nitrogen and oxygen atoms in total. The number of fused-ring (bicyclic) bond motifs is 1. The molecule has 1 N–H and O–H groups in total. The molecule has 10 heteroatoms. The molecule has 0 radical (unpaired) electrons. The maximum Gasteiger partial charge on any atom is 0.250 e. The lowest BCUT2D eigenvalue weighted by Crippen LogP contribution is -2.19. The third-order valence-electron chi connectivity index (χ3n) is 4.63. The van der Waals surface area contributed by atoms with Crippen molar-refractivity contribution in [1.29, 1.82) is 0 Å². The van der Waals surface area contributed by atoms with E-state index in [1.165, 1.54) is 11.8 Å². The first-order valence-corrected chi connectivity index (χ1v) is 13.6. The van der Waals surface area contributed by atoms with Gasteiger partial charge in [-0.25, -0.2) is 10.4 Å². The molecule has 0 bridgehead atoms. The van der Waals surface area contributed by atoms with Crippen LogP contribution in [0.3, 0.4) is 0 Å². The number of ether oxygens (including phenoxy) is 2. The predicted molar refractivity (Wildman–Crippen MR) is 147 cm³/mol. The summed E-state index contributed by atoms with van der Waals surface area (Å²) in [5.41, 5.74) is 5.24. The van der Waals surface area contributed by atoms with Crippen LogP contribution in [0.2, 0.25) is 5.02 Å². The highest BCUT2D eigenvalue weighted by atomic mass is 79.9. The first kappa shape index (κ1) is 25.5. The van der Waals surface area contributed by atoms with E-state index in [1.54, 1.807) is 17.6 Å². The van der Waals surface area contributed by atoms with E-state index in [9.17, 15) is 4.79 Å². The summed E-state index contributed by atoms with van der Waals surface area (Å²) in [6.07, 6.45) is 1.57. The Morgan fingerprint density at radius 2 is 2.00 bits per heavy atom. The second kappa shape index (κ2) is 12.4. The molecule has 0 atom stereocenters. The molecular weight excluding hydrogens is 570 g/mol. The fourth-order valence-electron chi connectivity index (χ4n) is 3.05. The van der Waals surface area contributed by atoms with Crippen LogP contribution in [0, 0.1) is 0 Å². The number of hydrogen-bond donors (Lipinski definition) is 1. The van der Waals surface area contributed by atoms with Gasteiger partial charge in [0.1, 0.15) is 6.61 Å². The van der Waals surface area contributed by atoms with Gasteiger partial charge in [-0.15, -0.1) is 11.3 Å². The topological polar surface area (TPSA) is 72.8 Å². The molecule has 4 aromatic rings. The summed E-state index contributed by atoms with van der Waals surface area (Å²) in [7, 11) is 0. The number of hydrazone groups is 1. The molecule has 1 heterocycles. The number of nitrogens with zero attached hydrogens (tertiary/aromatic N) is 2. The molecule has 4 rings (SSSR count). The fraction of sp³-hybridized carbons (Fsp3) is 0.160. The lowest BCUT2D eigenvalue weighted by atomic mass is 10.2. The molecule has 0 saturated heterocycles. The number of para-hydroxylation sites is 1. The lowest BCUT2D eigenvalue weighted by Gasteiger charge is -2.14. The Hall–Kier alpha value is -2.59. The summed E-state index contributed by atoms with van der Waals surface area (Å²) in [5.74, 6) is 1.19. The van der Waals surface area contributed by atoms with E-state index in [-0.39, 0.29) is 11.7 Å². The summed E-state index contributed by atoms with van der Waals surface area (Å²) >= 11 is 12.5. The number of thioether (sulfide) groups is 1. The Kier molecular flexibility index (Phi) is 9.03. The fourth-order valence-corrected chi connectivity index (χ4v) is 5.61. The molecule has 0 spiro atoms. The summed E-state index contributed by atoms with van der Waals surface area (Å²) in [6.45, 7) is 2.75. The van der Waals surface area contributed by atoms with Gasteiger partial charge in [0, 0.05) is 5.02 Å². The number of halogens is 2. The number of aromatic nitrogens is 1. The van der Waals surface area contributed by atoms with Gasteiger partial charge in [0.25, 0.3) is 5.91 Å². The van der Waals surface area contributed by atoms with E-state index in [4.69, 9.17) is 21.1 Å². The van der Waals surface area contributed by atoms with Gasteiger partial charge in [0.15, 0.2) is 15.8 Å². The minimum Gasteiger partial charge on any atom is -0.490 e. The van der Waals surface area contributed by atoms with Crippen molar-refractivity contribution in [2.24, 2.45) is 5.10 Å². The summed E-state index contributed by atoms with van der Waals surface area (Å²) in [5, 5.41) is 4.76. The monoisotopic (exact) mass is 589 g/mol. The Morgan fingerprint density at radius 3 is 2.77 bits per heavy atom. The van der Waals surface area contributed by atoms with Crippen LogP contribution < -0.4 is 14.9 Å². The third kappa shape index (κ3) is 7.20. The highest BCUT2D eigenvalue weighted by molar-refractivity contribution is 9.10. The molecule has 0 aliphatic carbocycles. The quantitative estimate of drug-likeness (QED) is 0.123. The summed E-state index contributed by atoms with van der Waals surface area (Å²) in [6, 6.07) is 19.0. The molecule has 0 unspecified atom stereocenters. The number of amides is 1. The highest BCUT2D eigenvalue weighted by Gasteiger charge is 2.13. The van der Waals surface area contributed by atoms with Crippen molar-refractivity contribution in [3.05, 3.63) is 81.3 Å². The van der Waals surface area contributed by atoms with Crippen LogP contribution in [-0.4, -0.2) is 29.5 Å². The molecule has 3 aromatic carbocycles. The Morgan fingerprint density at radius 1 is 1.20 bits per heavy atom. The van der Waals surface area contributed by atoms with E-state index in [2.05, 4.69) is 31.4 Å². The summed E-state index contributed by atoms with van der Waals surface area (Å²) in [4.78, 5) is 16.7. The van der Waals surface area contributed by atoms with Crippen molar-refractivity contribution in [3.63, 3.8) is 0 Å². The zero-order valence-corrected chi connectivity index (χ0v) is 22.6. The predicted octanol–water partition coefficient (Wildman–Crippen LogP) is 6.93. The van der Waals surface area contributed by atoms with Gasteiger partial charge in [-0.05, 0) is 70.4 Å². The van der Waals surface area contributed by atoms with Crippen LogP contribution in [0.5, 0.6) is 11.5 Å². The second-order valence-corrected chi connectivity index (χ2v) is 10.8. The van der Waals surface area contributed by atoms with Crippen LogP contribution in [0.1, 0.15) is 18.1 Å². The van der Waals surface area contributed by atoms with Gasteiger partial charge in [-0.3, -0.25) is 4.79 Å².